The molecule has 20 heavy (non-hydrogen) atoms. The van der Waals surface area contributed by atoms with Crippen molar-refractivity contribution in [3.8, 4) is 0 Å². The summed E-state index contributed by atoms with van der Waals surface area (Å²) in [5.74, 6) is 0.413. The number of hydrogen-bond donors (Lipinski definition) is 0. The van der Waals surface area contributed by atoms with Crippen LogP contribution in [-0.4, -0.2) is 23.1 Å². The van der Waals surface area contributed by atoms with E-state index < -0.39 is 0 Å². The topological polar surface area (TPSA) is 25.2 Å². The van der Waals surface area contributed by atoms with Gasteiger partial charge in [-0.15, -0.1) is 0 Å². The molecule has 1 aromatic rings. The summed E-state index contributed by atoms with van der Waals surface area (Å²) in [6, 6.07) is 2.22. The molecule has 0 bridgehead atoms. The fourth-order valence-corrected chi connectivity index (χ4v) is 3.54. The van der Waals surface area contributed by atoms with E-state index >= 15 is 0 Å². The first kappa shape index (κ1) is 13.3. The van der Waals surface area contributed by atoms with Gasteiger partial charge in [0.15, 0.2) is 0 Å². The Morgan fingerprint density at radius 1 is 1.35 bits per heavy atom. The molecule has 1 atom stereocenters. The molecule has 1 unspecified atom stereocenters. The van der Waals surface area contributed by atoms with Gasteiger partial charge in [-0.25, -0.2) is 0 Å². The molecule has 3 nitrogen and oxygen atoms in total. The molecule has 2 aliphatic rings. The summed E-state index contributed by atoms with van der Waals surface area (Å²) in [6.07, 6.45) is 4.72. The van der Waals surface area contributed by atoms with Gasteiger partial charge >= 0.3 is 7.55 Å². The van der Waals surface area contributed by atoms with Gasteiger partial charge in [-0.3, -0.25) is 0 Å². The zero-order valence-corrected chi connectivity index (χ0v) is 12.6. The molecule has 3 rings (SSSR count). The number of aromatic nitrogens is 1. The summed E-state index contributed by atoms with van der Waals surface area (Å²) < 4.78 is 2.26. The van der Waals surface area contributed by atoms with Crippen LogP contribution in [0, 0.1) is 19.8 Å². The number of rotatable bonds is 3. The third-order valence-electron chi connectivity index (χ3n) is 4.32. The fourth-order valence-electron chi connectivity index (χ4n) is 3.54. The van der Waals surface area contributed by atoms with E-state index in [4.69, 9.17) is 0 Å². The average Bonchev–Trinajstić information content (AvgIpc) is 2.85. The highest BCUT2D eigenvalue weighted by atomic mass is 16.1. The quantitative estimate of drug-likeness (QED) is 0.621. The number of aldehydes is 1. The monoisotopic (exact) mass is 267 g/mol. The van der Waals surface area contributed by atoms with Gasteiger partial charge in [0.25, 0.3) is 0 Å². The molecular formula is C16H20BN2O. The van der Waals surface area contributed by atoms with E-state index in [-0.39, 0.29) is 0 Å². The summed E-state index contributed by atoms with van der Waals surface area (Å²) in [4.78, 5) is 13.1. The predicted molar refractivity (Wildman–Crippen MR) is 82.0 cm³/mol. The predicted octanol–water partition coefficient (Wildman–Crippen LogP) is 3.05. The van der Waals surface area contributed by atoms with E-state index in [9.17, 15) is 4.79 Å². The van der Waals surface area contributed by atoms with Crippen LogP contribution in [0.2, 0.25) is 0 Å². The highest BCUT2D eigenvalue weighted by Crippen LogP contribution is 2.41. The minimum absolute atomic E-state index is 0.413. The van der Waals surface area contributed by atoms with E-state index in [1.54, 1.807) is 0 Å². The summed E-state index contributed by atoms with van der Waals surface area (Å²) in [7, 11) is 2.19. The van der Waals surface area contributed by atoms with Gasteiger partial charge in [0, 0.05) is 29.4 Å². The molecule has 0 amide bonds. The Labute approximate surface area is 121 Å². The first-order chi connectivity index (χ1) is 9.54. The number of nitrogens with zero attached hydrogens (tertiary/aromatic N) is 2. The zero-order valence-electron chi connectivity index (χ0n) is 12.6. The van der Waals surface area contributed by atoms with Crippen LogP contribution in [0.15, 0.2) is 23.5 Å². The van der Waals surface area contributed by atoms with E-state index in [0.717, 1.165) is 12.7 Å². The average molecular weight is 267 g/mol. The standard InChI is InChI=1S/C16H20BN2O/c1-10-8-12(3)18-15(10)14(6-5-7-20)16-11(2)9-13(4)19(16)17-18/h7-10H,5-6H2,1-4H3. The van der Waals surface area contributed by atoms with E-state index in [2.05, 4.69) is 56.7 Å². The van der Waals surface area contributed by atoms with Crippen LogP contribution >= 0.6 is 0 Å². The second-order valence-corrected chi connectivity index (χ2v) is 5.84. The summed E-state index contributed by atoms with van der Waals surface area (Å²) in [5, 5.41) is 0. The van der Waals surface area contributed by atoms with Gasteiger partial charge < -0.3 is 14.1 Å². The first-order valence-electron chi connectivity index (χ1n) is 7.22. The van der Waals surface area contributed by atoms with Gasteiger partial charge in [0.05, 0.1) is 0 Å². The molecule has 0 saturated carbocycles. The van der Waals surface area contributed by atoms with Crippen molar-refractivity contribution in [3.63, 3.8) is 0 Å². The Hall–Kier alpha value is -1.71. The molecular weight excluding hydrogens is 247 g/mol. The van der Waals surface area contributed by atoms with Gasteiger partial charge in [-0.05, 0) is 50.1 Å². The lowest BCUT2D eigenvalue weighted by Gasteiger charge is -2.33. The van der Waals surface area contributed by atoms with Crippen molar-refractivity contribution in [1.29, 1.82) is 0 Å². The molecule has 1 aromatic heterocycles. The number of allylic oxidation sites excluding steroid dienone is 3. The van der Waals surface area contributed by atoms with Gasteiger partial charge in [0.1, 0.15) is 6.29 Å². The summed E-state index contributed by atoms with van der Waals surface area (Å²) in [6.45, 7) is 8.67. The molecule has 0 saturated heterocycles. The second-order valence-electron chi connectivity index (χ2n) is 5.84. The minimum atomic E-state index is 0.413. The maximum Gasteiger partial charge on any atom is 0.400 e. The van der Waals surface area contributed by atoms with E-state index in [1.165, 1.54) is 33.9 Å². The van der Waals surface area contributed by atoms with Crippen molar-refractivity contribution in [2.75, 3.05) is 0 Å². The van der Waals surface area contributed by atoms with Crippen LogP contribution in [0.1, 0.15) is 43.6 Å². The Kier molecular flexibility index (Phi) is 3.11. The van der Waals surface area contributed by atoms with Crippen molar-refractivity contribution in [2.24, 2.45) is 5.92 Å². The van der Waals surface area contributed by atoms with Crippen LogP contribution < -0.4 is 0 Å². The summed E-state index contributed by atoms with van der Waals surface area (Å²) >= 11 is 0. The molecule has 0 aliphatic carbocycles. The van der Waals surface area contributed by atoms with Gasteiger partial charge in [-0.2, -0.15) is 0 Å². The maximum atomic E-state index is 10.8. The normalized spacial score (nSPS) is 20.5. The Morgan fingerprint density at radius 3 is 2.80 bits per heavy atom. The Bertz CT molecular complexity index is 639. The van der Waals surface area contributed by atoms with Crippen molar-refractivity contribution in [2.45, 2.75) is 40.5 Å². The minimum Gasteiger partial charge on any atom is -0.375 e. The van der Waals surface area contributed by atoms with Crippen molar-refractivity contribution < 1.29 is 4.79 Å². The van der Waals surface area contributed by atoms with Crippen LogP contribution in [-0.2, 0) is 4.79 Å². The molecule has 0 N–H and O–H groups in total. The second kappa shape index (κ2) is 4.69. The number of carbonyl (C=O) groups excluding carboxylic acids is 1. The maximum absolute atomic E-state index is 10.8. The molecule has 4 heteroatoms. The van der Waals surface area contributed by atoms with Crippen LogP contribution in [0.3, 0.4) is 0 Å². The van der Waals surface area contributed by atoms with E-state index in [1.807, 2.05) is 0 Å². The third-order valence-corrected chi connectivity index (χ3v) is 4.32. The molecule has 3 heterocycles. The number of fused-ring (bicyclic) bond motifs is 2. The first-order valence-corrected chi connectivity index (χ1v) is 7.22. The van der Waals surface area contributed by atoms with Crippen LogP contribution in [0.5, 0.6) is 0 Å². The lowest BCUT2D eigenvalue weighted by atomic mass is 9.89. The Morgan fingerprint density at radius 2 is 2.10 bits per heavy atom. The summed E-state index contributed by atoms with van der Waals surface area (Å²) in [5.41, 5.74) is 7.76. The molecule has 0 aromatic carbocycles. The lowest BCUT2D eigenvalue weighted by Crippen LogP contribution is -2.35. The van der Waals surface area contributed by atoms with Crippen LogP contribution in [0.4, 0.5) is 0 Å². The van der Waals surface area contributed by atoms with Gasteiger partial charge in [0.2, 0.25) is 0 Å². The van der Waals surface area contributed by atoms with Gasteiger partial charge in [-0.1, -0.05) is 13.0 Å². The smallest absolute Gasteiger partial charge is 0.375 e. The molecule has 103 valence electrons. The highest BCUT2D eigenvalue weighted by Gasteiger charge is 2.34. The largest absolute Gasteiger partial charge is 0.400 e. The van der Waals surface area contributed by atoms with Crippen LogP contribution in [0.25, 0.3) is 5.57 Å². The lowest BCUT2D eigenvalue weighted by molar-refractivity contribution is -0.107. The molecule has 0 fully saturated rings. The number of hydrogen-bond acceptors (Lipinski definition) is 2. The Balaban J connectivity index is 2.19. The molecule has 2 aliphatic heterocycles. The number of aryl methyl sites for hydroxylation is 2. The highest BCUT2D eigenvalue weighted by molar-refractivity contribution is 6.34. The molecule has 0 spiro atoms. The zero-order chi connectivity index (χ0) is 14.4. The van der Waals surface area contributed by atoms with Crippen molar-refractivity contribution in [3.05, 3.63) is 40.5 Å². The molecule has 1 radical (unpaired) electrons. The van der Waals surface area contributed by atoms with E-state index in [0.29, 0.717) is 12.3 Å². The third kappa shape index (κ3) is 1.78. The number of carbonyl (C=O) groups is 1. The SMILES string of the molecule is CC1=CC(C)C2=C(CCC=O)c3c(C)cc(C)n3[B]N12. The fraction of sp³-hybridized carbons (Fsp3) is 0.438. The van der Waals surface area contributed by atoms with Crippen molar-refractivity contribution in [1.82, 2.24) is 9.29 Å². The van der Waals surface area contributed by atoms with Crippen molar-refractivity contribution >= 4 is 19.4 Å².